The molecular weight excluding hydrogens is 403 g/mol. The highest BCUT2D eigenvalue weighted by Gasteiger charge is 2.19. The number of anilines is 1. The van der Waals surface area contributed by atoms with Crippen molar-refractivity contribution < 1.29 is 14.5 Å². The molecule has 0 bridgehead atoms. The normalized spacial score (nSPS) is 10.4. The van der Waals surface area contributed by atoms with Crippen LogP contribution < -0.4 is 5.32 Å². The zero-order valence-corrected chi connectivity index (χ0v) is 15.7. The first-order chi connectivity index (χ1) is 13.4. The summed E-state index contributed by atoms with van der Waals surface area (Å²) in [7, 11) is 0. The van der Waals surface area contributed by atoms with E-state index in [1.807, 2.05) is 0 Å². The van der Waals surface area contributed by atoms with Gasteiger partial charge < -0.3 is 5.32 Å². The van der Waals surface area contributed by atoms with Gasteiger partial charge in [0.1, 0.15) is 0 Å². The molecule has 0 aliphatic heterocycles. The summed E-state index contributed by atoms with van der Waals surface area (Å²) in [5.74, 6) is -0.919. The van der Waals surface area contributed by atoms with E-state index in [0.717, 1.165) is 0 Å². The molecule has 0 fully saturated rings. The van der Waals surface area contributed by atoms with E-state index in [4.69, 9.17) is 23.2 Å². The molecule has 6 nitrogen and oxygen atoms in total. The molecule has 140 valence electrons. The molecule has 0 unspecified atom stereocenters. The number of nitro benzene ring substituents is 1. The van der Waals surface area contributed by atoms with Crippen LogP contribution in [0.4, 0.5) is 11.4 Å². The first-order valence-electron chi connectivity index (χ1n) is 8.01. The molecule has 0 aliphatic carbocycles. The molecule has 0 aromatic heterocycles. The van der Waals surface area contributed by atoms with E-state index in [1.165, 1.54) is 42.5 Å². The van der Waals surface area contributed by atoms with Gasteiger partial charge in [0.2, 0.25) is 0 Å². The summed E-state index contributed by atoms with van der Waals surface area (Å²) in [6.07, 6.45) is 0. The van der Waals surface area contributed by atoms with Crippen molar-refractivity contribution in [2.45, 2.75) is 0 Å². The number of nitrogens with zero attached hydrogens (tertiary/aromatic N) is 1. The maximum atomic E-state index is 12.9. The summed E-state index contributed by atoms with van der Waals surface area (Å²) in [4.78, 5) is 35.6. The average molecular weight is 415 g/mol. The zero-order chi connectivity index (χ0) is 20.3. The monoisotopic (exact) mass is 414 g/mol. The van der Waals surface area contributed by atoms with Crippen LogP contribution >= 0.6 is 23.2 Å². The van der Waals surface area contributed by atoms with Gasteiger partial charge in [-0.25, -0.2) is 0 Å². The Kier molecular flexibility index (Phi) is 5.73. The Hall–Kier alpha value is -3.22. The van der Waals surface area contributed by atoms with Gasteiger partial charge in [-0.05, 0) is 42.5 Å². The summed E-state index contributed by atoms with van der Waals surface area (Å²) >= 11 is 12.1. The molecule has 0 spiro atoms. The van der Waals surface area contributed by atoms with E-state index >= 15 is 0 Å². The Morgan fingerprint density at radius 3 is 2.21 bits per heavy atom. The first-order valence-corrected chi connectivity index (χ1v) is 8.77. The minimum Gasteiger partial charge on any atom is -0.321 e. The summed E-state index contributed by atoms with van der Waals surface area (Å²) in [6, 6.07) is 16.2. The number of non-ortho nitro benzene ring substituents is 1. The van der Waals surface area contributed by atoms with Crippen LogP contribution in [0.15, 0.2) is 66.7 Å². The standard InChI is InChI=1S/C20H12Cl2N2O4/c21-13-7-10-18(16(11-13)19(25)15-3-1-2-4-17(15)22)23-20(26)12-5-8-14(9-6-12)24(27)28/h1-11H,(H,23,26). The molecule has 0 heterocycles. The van der Waals surface area contributed by atoms with E-state index in [2.05, 4.69) is 5.32 Å². The Morgan fingerprint density at radius 2 is 1.57 bits per heavy atom. The predicted molar refractivity (Wildman–Crippen MR) is 107 cm³/mol. The predicted octanol–water partition coefficient (Wildman–Crippen LogP) is 5.38. The minimum atomic E-state index is -0.554. The van der Waals surface area contributed by atoms with Gasteiger partial charge in [-0.15, -0.1) is 0 Å². The SMILES string of the molecule is O=C(Nc1ccc(Cl)cc1C(=O)c1ccccc1Cl)c1ccc([N+](=O)[O-])cc1. The Labute approximate surface area is 169 Å². The fourth-order valence-electron chi connectivity index (χ4n) is 2.53. The van der Waals surface area contributed by atoms with Gasteiger partial charge >= 0.3 is 0 Å². The van der Waals surface area contributed by atoms with E-state index in [0.29, 0.717) is 5.02 Å². The molecule has 1 N–H and O–H groups in total. The first kappa shape index (κ1) is 19.5. The molecule has 3 aromatic rings. The molecule has 0 saturated heterocycles. The van der Waals surface area contributed by atoms with Crippen LogP contribution in [0.2, 0.25) is 10.0 Å². The lowest BCUT2D eigenvalue weighted by atomic mass is 10.0. The van der Waals surface area contributed by atoms with Gasteiger partial charge in [0.05, 0.1) is 15.6 Å². The highest BCUT2D eigenvalue weighted by atomic mass is 35.5. The van der Waals surface area contributed by atoms with E-state index in [1.54, 1.807) is 24.3 Å². The fraction of sp³-hybridized carbons (Fsp3) is 0. The van der Waals surface area contributed by atoms with Gasteiger partial charge in [0.15, 0.2) is 5.78 Å². The number of amides is 1. The van der Waals surface area contributed by atoms with E-state index < -0.39 is 16.6 Å². The van der Waals surface area contributed by atoms with Crippen LogP contribution in [0.25, 0.3) is 0 Å². The number of benzene rings is 3. The van der Waals surface area contributed by atoms with Crippen LogP contribution in [0.1, 0.15) is 26.3 Å². The molecule has 0 atom stereocenters. The third-order valence-electron chi connectivity index (χ3n) is 3.93. The second-order valence-electron chi connectivity index (χ2n) is 5.76. The molecule has 8 heteroatoms. The number of hydrogen-bond acceptors (Lipinski definition) is 4. The number of nitrogens with one attached hydrogen (secondary N) is 1. The number of hydrogen-bond donors (Lipinski definition) is 1. The lowest BCUT2D eigenvalue weighted by molar-refractivity contribution is -0.384. The van der Waals surface area contributed by atoms with Crippen LogP contribution in [0.3, 0.4) is 0 Å². The van der Waals surface area contributed by atoms with Crippen LogP contribution in [-0.4, -0.2) is 16.6 Å². The maximum absolute atomic E-state index is 12.9. The Balaban J connectivity index is 1.92. The third-order valence-corrected chi connectivity index (χ3v) is 4.50. The zero-order valence-electron chi connectivity index (χ0n) is 14.2. The van der Waals surface area contributed by atoms with Crippen molar-refractivity contribution in [2.75, 3.05) is 5.32 Å². The molecule has 3 rings (SSSR count). The third kappa shape index (κ3) is 4.19. The number of carbonyl (C=O) groups excluding carboxylic acids is 2. The topological polar surface area (TPSA) is 89.3 Å². The van der Waals surface area contributed by atoms with Gasteiger partial charge in [-0.2, -0.15) is 0 Å². The molecular formula is C20H12Cl2N2O4. The number of halogens is 2. The second kappa shape index (κ2) is 8.21. The summed E-state index contributed by atoms with van der Waals surface area (Å²) in [6.45, 7) is 0. The van der Waals surface area contributed by atoms with Crippen LogP contribution in [0, 0.1) is 10.1 Å². The number of carbonyl (C=O) groups is 2. The molecule has 1 amide bonds. The Morgan fingerprint density at radius 1 is 0.893 bits per heavy atom. The average Bonchev–Trinajstić information content (AvgIpc) is 2.69. The highest BCUT2D eigenvalue weighted by molar-refractivity contribution is 6.36. The summed E-state index contributed by atoms with van der Waals surface area (Å²) < 4.78 is 0. The van der Waals surface area contributed by atoms with Crippen molar-refractivity contribution in [1.29, 1.82) is 0 Å². The second-order valence-corrected chi connectivity index (χ2v) is 6.60. The summed E-state index contributed by atoms with van der Waals surface area (Å²) in [5, 5.41) is 14.0. The molecule has 0 radical (unpaired) electrons. The number of rotatable bonds is 5. The molecule has 0 aliphatic rings. The van der Waals surface area contributed by atoms with Crippen molar-refractivity contribution in [3.8, 4) is 0 Å². The largest absolute Gasteiger partial charge is 0.321 e. The van der Waals surface area contributed by atoms with Crippen LogP contribution in [0.5, 0.6) is 0 Å². The lowest BCUT2D eigenvalue weighted by Crippen LogP contribution is -2.15. The summed E-state index contributed by atoms with van der Waals surface area (Å²) in [5.41, 5.74) is 0.778. The maximum Gasteiger partial charge on any atom is 0.269 e. The van der Waals surface area contributed by atoms with Crippen molar-refractivity contribution >= 4 is 46.3 Å². The fourth-order valence-corrected chi connectivity index (χ4v) is 2.93. The van der Waals surface area contributed by atoms with Gasteiger partial charge in [-0.3, -0.25) is 19.7 Å². The molecule has 28 heavy (non-hydrogen) atoms. The van der Waals surface area contributed by atoms with Gasteiger partial charge in [0, 0.05) is 33.8 Å². The van der Waals surface area contributed by atoms with E-state index in [-0.39, 0.29) is 33.1 Å². The number of nitro groups is 1. The van der Waals surface area contributed by atoms with Crippen molar-refractivity contribution in [3.05, 3.63) is 104 Å². The lowest BCUT2D eigenvalue weighted by Gasteiger charge is -2.12. The van der Waals surface area contributed by atoms with E-state index in [9.17, 15) is 19.7 Å². The van der Waals surface area contributed by atoms with Gasteiger partial charge in [0.25, 0.3) is 11.6 Å². The van der Waals surface area contributed by atoms with Crippen molar-refractivity contribution in [3.63, 3.8) is 0 Å². The highest BCUT2D eigenvalue weighted by Crippen LogP contribution is 2.27. The molecule has 3 aromatic carbocycles. The quantitative estimate of drug-likeness (QED) is 0.344. The van der Waals surface area contributed by atoms with Crippen molar-refractivity contribution in [1.82, 2.24) is 0 Å². The number of ketones is 1. The van der Waals surface area contributed by atoms with Crippen molar-refractivity contribution in [2.24, 2.45) is 0 Å². The Bertz CT molecular complexity index is 1080. The minimum absolute atomic E-state index is 0.127. The smallest absolute Gasteiger partial charge is 0.269 e. The molecule has 0 saturated carbocycles. The van der Waals surface area contributed by atoms with Crippen LogP contribution in [-0.2, 0) is 0 Å². The van der Waals surface area contributed by atoms with Gasteiger partial charge in [-0.1, -0.05) is 35.3 Å².